The number of rotatable bonds is 3. The molecule has 1 aromatic carbocycles. The highest BCUT2D eigenvalue weighted by atomic mass is 79.9. The maximum Gasteiger partial charge on any atom is 0.274 e. The van der Waals surface area contributed by atoms with Gasteiger partial charge in [-0.05, 0) is 66.0 Å². The number of nitrogens with one attached hydrogen (secondary N) is 2. The van der Waals surface area contributed by atoms with Crippen molar-refractivity contribution in [2.75, 3.05) is 11.1 Å². The molecule has 2 aromatic rings. The Balaban J connectivity index is 2.40. The van der Waals surface area contributed by atoms with Gasteiger partial charge in [0.25, 0.3) is 5.91 Å². The monoisotopic (exact) mass is 385 g/mol. The third-order valence-corrected chi connectivity index (χ3v) is 4.32. The Labute approximate surface area is 148 Å². The summed E-state index contributed by atoms with van der Waals surface area (Å²) < 4.78 is 0.339. The molecule has 1 aromatic heterocycles. The highest BCUT2D eigenvalue weighted by Crippen LogP contribution is 2.24. The number of hydrogen-bond donors (Lipinski definition) is 3. The summed E-state index contributed by atoms with van der Waals surface area (Å²) in [6.07, 6.45) is 0. The molecule has 0 atom stereocenters. The molecule has 0 bridgehead atoms. The molecule has 0 aliphatic heterocycles. The van der Waals surface area contributed by atoms with Crippen molar-refractivity contribution in [2.45, 2.75) is 20.8 Å². The van der Waals surface area contributed by atoms with Crippen LogP contribution in [0, 0.1) is 30.6 Å². The first-order chi connectivity index (χ1) is 11.3. The van der Waals surface area contributed by atoms with Crippen molar-refractivity contribution in [2.24, 2.45) is 0 Å². The number of amides is 1. The third-order valence-electron chi connectivity index (χ3n) is 3.75. The molecule has 2 rings (SSSR count). The highest BCUT2D eigenvalue weighted by Gasteiger charge is 2.18. The topological polar surface area (TPSA) is 116 Å². The lowest BCUT2D eigenvalue weighted by Gasteiger charge is -2.12. The number of carbonyl (C=O) groups excluding carboxylic acids is 1. The van der Waals surface area contributed by atoms with Gasteiger partial charge in [-0.2, -0.15) is 5.26 Å². The van der Waals surface area contributed by atoms with Crippen molar-refractivity contribution in [1.82, 2.24) is 4.98 Å². The van der Waals surface area contributed by atoms with Gasteiger partial charge < -0.3 is 16.5 Å². The normalized spacial score (nSPS) is 10.1. The fourth-order valence-electron chi connectivity index (χ4n) is 2.26. The molecular weight excluding hydrogens is 370 g/mol. The predicted octanol–water partition coefficient (Wildman–Crippen LogP) is 3.55. The molecule has 0 radical (unpaired) electrons. The Morgan fingerprint density at radius 3 is 2.62 bits per heavy atom. The standard InChI is InChI=1S/C17H16BrN5O/c1-8-9(2)15(23-16(18)13(8)7-19)17(24)22-11-4-5-14(21)12(6-11)10(3)20/h4-6,20H,21H2,1-3H3,(H,22,24). The summed E-state index contributed by atoms with van der Waals surface area (Å²) >= 11 is 3.23. The molecule has 0 fully saturated rings. The van der Waals surface area contributed by atoms with Gasteiger partial charge in [0.15, 0.2) is 0 Å². The van der Waals surface area contributed by atoms with E-state index in [-0.39, 0.29) is 11.6 Å². The van der Waals surface area contributed by atoms with Crippen molar-refractivity contribution < 1.29 is 4.79 Å². The lowest BCUT2D eigenvalue weighted by molar-refractivity contribution is 0.102. The minimum atomic E-state index is -0.390. The number of pyridine rings is 1. The molecule has 1 amide bonds. The fraction of sp³-hybridized carbons (Fsp3) is 0.176. The average molecular weight is 386 g/mol. The highest BCUT2D eigenvalue weighted by molar-refractivity contribution is 9.10. The second-order valence-corrected chi connectivity index (χ2v) is 6.12. The summed E-state index contributed by atoms with van der Waals surface area (Å²) in [5.41, 5.74) is 9.71. The molecule has 0 aliphatic rings. The van der Waals surface area contributed by atoms with Crippen molar-refractivity contribution in [3.63, 3.8) is 0 Å². The second kappa shape index (κ2) is 6.81. The van der Waals surface area contributed by atoms with Crippen LogP contribution in [0.4, 0.5) is 11.4 Å². The van der Waals surface area contributed by atoms with Crippen LogP contribution in [0.3, 0.4) is 0 Å². The van der Waals surface area contributed by atoms with Crippen molar-refractivity contribution in [3.8, 4) is 6.07 Å². The van der Waals surface area contributed by atoms with Crippen molar-refractivity contribution >= 4 is 38.9 Å². The number of nitrogens with zero attached hydrogens (tertiary/aromatic N) is 2. The van der Waals surface area contributed by atoms with E-state index < -0.39 is 0 Å². The van der Waals surface area contributed by atoms with Crippen LogP contribution in [0.5, 0.6) is 0 Å². The first-order valence-electron chi connectivity index (χ1n) is 7.09. The van der Waals surface area contributed by atoms with E-state index in [9.17, 15) is 4.79 Å². The summed E-state index contributed by atoms with van der Waals surface area (Å²) in [4.78, 5) is 16.7. The van der Waals surface area contributed by atoms with Crippen LogP contribution in [0.1, 0.15) is 39.7 Å². The van der Waals surface area contributed by atoms with E-state index in [2.05, 4.69) is 32.3 Å². The van der Waals surface area contributed by atoms with E-state index in [4.69, 9.17) is 16.4 Å². The van der Waals surface area contributed by atoms with Gasteiger partial charge in [0, 0.05) is 22.6 Å². The molecule has 122 valence electrons. The molecule has 0 saturated carbocycles. The fourth-order valence-corrected chi connectivity index (χ4v) is 2.82. The van der Waals surface area contributed by atoms with Gasteiger partial charge in [0.2, 0.25) is 0 Å². The van der Waals surface area contributed by atoms with E-state index >= 15 is 0 Å². The molecular formula is C17H16BrN5O. The number of aromatic nitrogens is 1. The number of hydrogen-bond acceptors (Lipinski definition) is 5. The number of nitrogen functional groups attached to an aromatic ring is 1. The number of benzene rings is 1. The van der Waals surface area contributed by atoms with Gasteiger partial charge >= 0.3 is 0 Å². The summed E-state index contributed by atoms with van der Waals surface area (Å²) in [5, 5.41) is 19.6. The molecule has 0 spiro atoms. The van der Waals surface area contributed by atoms with Gasteiger partial charge in [-0.1, -0.05) is 0 Å². The third kappa shape index (κ3) is 3.29. The molecule has 0 unspecified atom stereocenters. The number of nitrogens with two attached hydrogens (primary N) is 1. The van der Waals surface area contributed by atoms with E-state index in [0.29, 0.717) is 43.9 Å². The Hall–Kier alpha value is -2.72. The zero-order valence-electron chi connectivity index (χ0n) is 13.5. The Morgan fingerprint density at radius 2 is 2.04 bits per heavy atom. The maximum absolute atomic E-state index is 12.5. The first-order valence-corrected chi connectivity index (χ1v) is 7.88. The number of carbonyl (C=O) groups is 1. The van der Waals surface area contributed by atoms with Gasteiger partial charge in [0.05, 0.1) is 5.56 Å². The maximum atomic E-state index is 12.5. The molecule has 0 aliphatic carbocycles. The first kappa shape index (κ1) is 17.6. The molecule has 7 heteroatoms. The van der Waals surface area contributed by atoms with E-state index in [0.717, 1.165) is 0 Å². The number of anilines is 2. The SMILES string of the molecule is CC(=N)c1cc(NC(=O)c2nc(Br)c(C#N)c(C)c2C)ccc1N. The minimum Gasteiger partial charge on any atom is -0.398 e. The van der Waals surface area contributed by atoms with Gasteiger partial charge in [-0.3, -0.25) is 4.79 Å². The van der Waals surface area contributed by atoms with Crippen LogP contribution in [-0.2, 0) is 0 Å². The van der Waals surface area contributed by atoms with Crippen molar-refractivity contribution in [3.05, 3.63) is 50.8 Å². The quantitative estimate of drug-likeness (QED) is 0.425. The van der Waals surface area contributed by atoms with Crippen LogP contribution in [0.25, 0.3) is 0 Å². The zero-order chi connectivity index (χ0) is 18.0. The van der Waals surface area contributed by atoms with Crippen molar-refractivity contribution in [1.29, 1.82) is 10.7 Å². The number of nitriles is 1. The second-order valence-electron chi connectivity index (χ2n) is 5.37. The lowest BCUT2D eigenvalue weighted by Crippen LogP contribution is -2.17. The summed E-state index contributed by atoms with van der Waals surface area (Å²) in [7, 11) is 0. The summed E-state index contributed by atoms with van der Waals surface area (Å²) in [6.45, 7) is 5.15. The molecule has 4 N–H and O–H groups in total. The predicted molar refractivity (Wildman–Crippen MR) is 97.4 cm³/mol. The Kier molecular flexibility index (Phi) is 5.00. The van der Waals surface area contributed by atoms with Crippen LogP contribution in [0.2, 0.25) is 0 Å². The van der Waals surface area contributed by atoms with Gasteiger partial charge in [-0.25, -0.2) is 4.98 Å². The number of halogens is 1. The van der Waals surface area contributed by atoms with E-state index in [1.54, 1.807) is 39.0 Å². The average Bonchev–Trinajstić information content (AvgIpc) is 2.52. The molecule has 6 nitrogen and oxygen atoms in total. The van der Waals surface area contributed by atoms with Crippen LogP contribution in [0.15, 0.2) is 22.8 Å². The van der Waals surface area contributed by atoms with E-state index in [1.807, 2.05) is 0 Å². The minimum absolute atomic E-state index is 0.239. The van der Waals surface area contributed by atoms with Crippen LogP contribution in [-0.4, -0.2) is 16.6 Å². The summed E-state index contributed by atoms with van der Waals surface area (Å²) in [6, 6.07) is 7.03. The van der Waals surface area contributed by atoms with Crippen LogP contribution >= 0.6 is 15.9 Å². The molecule has 0 saturated heterocycles. The zero-order valence-corrected chi connectivity index (χ0v) is 15.1. The lowest BCUT2D eigenvalue weighted by atomic mass is 10.0. The Bertz CT molecular complexity index is 899. The molecule has 24 heavy (non-hydrogen) atoms. The summed E-state index contributed by atoms with van der Waals surface area (Å²) in [5.74, 6) is -0.390. The smallest absolute Gasteiger partial charge is 0.274 e. The van der Waals surface area contributed by atoms with Gasteiger partial charge in [0.1, 0.15) is 16.4 Å². The van der Waals surface area contributed by atoms with E-state index in [1.165, 1.54) is 0 Å². The largest absolute Gasteiger partial charge is 0.398 e. The van der Waals surface area contributed by atoms with Gasteiger partial charge in [-0.15, -0.1) is 0 Å². The molecule has 1 heterocycles. The Morgan fingerprint density at radius 1 is 1.38 bits per heavy atom. The van der Waals surface area contributed by atoms with Crippen LogP contribution < -0.4 is 11.1 Å².